The predicted octanol–water partition coefficient (Wildman–Crippen LogP) is 2.57. The third kappa shape index (κ3) is 2.06. The van der Waals surface area contributed by atoms with Crippen molar-refractivity contribution in [3.8, 4) is 0 Å². The number of carbonyl (C=O) groups excluding carboxylic acids is 1. The van der Waals surface area contributed by atoms with Crippen LogP contribution in [0.3, 0.4) is 0 Å². The summed E-state index contributed by atoms with van der Waals surface area (Å²) in [5, 5.41) is 0.723. The van der Waals surface area contributed by atoms with Gasteiger partial charge in [-0.1, -0.05) is 23.7 Å². The zero-order valence-corrected chi connectivity index (χ0v) is 9.71. The normalized spacial score (nSPS) is 17.5. The summed E-state index contributed by atoms with van der Waals surface area (Å²) in [6.45, 7) is 3.67. The Morgan fingerprint density at radius 1 is 1.47 bits per heavy atom. The Hall–Kier alpha value is -0.860. The van der Waals surface area contributed by atoms with Gasteiger partial charge in [0.05, 0.1) is 0 Å². The smallest absolute Gasteiger partial charge is 0.159 e. The molecule has 1 saturated heterocycles. The fraction of sp³-hybridized carbons (Fsp3) is 0.417. The summed E-state index contributed by atoms with van der Waals surface area (Å²) in [6.07, 6.45) is 0. The molecule has 0 saturated carbocycles. The molecule has 15 heavy (non-hydrogen) atoms. The number of nitrogens with zero attached hydrogens (tertiary/aromatic N) is 1. The molecule has 2 rings (SSSR count). The summed E-state index contributed by atoms with van der Waals surface area (Å²) in [4.78, 5) is 13.4. The molecule has 1 aromatic rings. The molecule has 0 bridgehead atoms. The highest BCUT2D eigenvalue weighted by Gasteiger charge is 2.26. The van der Waals surface area contributed by atoms with E-state index in [4.69, 9.17) is 11.6 Å². The number of Topliss-reactive ketones (excluding diaryl/α,β-unsaturated/α-hetero) is 1. The topological polar surface area (TPSA) is 20.3 Å². The second kappa shape index (κ2) is 3.95. The molecule has 1 fully saturated rings. The van der Waals surface area contributed by atoms with Gasteiger partial charge in [0.2, 0.25) is 0 Å². The SMILES string of the molecule is CC(=O)c1ccc(C2CN(C)C2)c(Cl)c1. The standard InChI is InChI=1S/C12H14ClNO/c1-8(15)9-3-4-11(12(13)5-9)10-6-14(2)7-10/h3-5,10H,6-7H2,1-2H3. The zero-order valence-electron chi connectivity index (χ0n) is 8.96. The number of rotatable bonds is 2. The largest absolute Gasteiger partial charge is 0.305 e. The molecule has 3 heteroatoms. The highest BCUT2D eigenvalue weighted by atomic mass is 35.5. The lowest BCUT2D eigenvalue weighted by Gasteiger charge is -2.37. The molecule has 1 aliphatic rings. The molecule has 0 aliphatic carbocycles. The Morgan fingerprint density at radius 3 is 2.60 bits per heavy atom. The minimum atomic E-state index is 0.0641. The monoisotopic (exact) mass is 223 g/mol. The number of likely N-dealkylation sites (N-methyl/N-ethyl adjacent to an activating group) is 1. The van der Waals surface area contributed by atoms with Crippen molar-refractivity contribution < 1.29 is 4.79 Å². The Labute approximate surface area is 94.8 Å². The fourth-order valence-corrected chi connectivity index (χ4v) is 2.31. The highest BCUT2D eigenvalue weighted by Crippen LogP contribution is 2.31. The van der Waals surface area contributed by atoms with E-state index < -0.39 is 0 Å². The molecule has 1 aromatic carbocycles. The van der Waals surface area contributed by atoms with Crippen molar-refractivity contribution in [2.45, 2.75) is 12.8 Å². The first-order chi connectivity index (χ1) is 7.08. The molecule has 2 nitrogen and oxygen atoms in total. The molecule has 1 heterocycles. The summed E-state index contributed by atoms with van der Waals surface area (Å²) in [7, 11) is 2.09. The number of ketones is 1. The van der Waals surface area contributed by atoms with Crippen LogP contribution in [0.25, 0.3) is 0 Å². The average Bonchev–Trinajstić information content (AvgIpc) is 2.13. The minimum Gasteiger partial charge on any atom is -0.305 e. The molecule has 0 aromatic heterocycles. The Morgan fingerprint density at radius 2 is 2.13 bits per heavy atom. The number of hydrogen-bond donors (Lipinski definition) is 0. The maximum absolute atomic E-state index is 11.1. The summed E-state index contributed by atoms with van der Waals surface area (Å²) >= 11 is 6.16. The van der Waals surface area contributed by atoms with Gasteiger partial charge in [-0.15, -0.1) is 0 Å². The molecule has 0 spiro atoms. The van der Waals surface area contributed by atoms with Crippen LogP contribution >= 0.6 is 11.6 Å². The maximum atomic E-state index is 11.1. The van der Waals surface area contributed by atoms with E-state index in [9.17, 15) is 4.79 Å². The van der Waals surface area contributed by atoms with Gasteiger partial charge in [0.25, 0.3) is 0 Å². The highest BCUT2D eigenvalue weighted by molar-refractivity contribution is 6.31. The number of hydrogen-bond acceptors (Lipinski definition) is 2. The summed E-state index contributed by atoms with van der Waals surface area (Å²) < 4.78 is 0. The van der Waals surface area contributed by atoms with Gasteiger partial charge < -0.3 is 4.90 Å². The first-order valence-electron chi connectivity index (χ1n) is 5.07. The minimum absolute atomic E-state index is 0.0641. The molecule has 0 amide bonds. The van der Waals surface area contributed by atoms with Gasteiger partial charge in [0.1, 0.15) is 0 Å². The number of benzene rings is 1. The van der Waals surface area contributed by atoms with Gasteiger partial charge in [-0.05, 0) is 25.6 Å². The van der Waals surface area contributed by atoms with E-state index >= 15 is 0 Å². The van der Waals surface area contributed by atoms with E-state index in [0.29, 0.717) is 11.5 Å². The first-order valence-corrected chi connectivity index (χ1v) is 5.44. The van der Waals surface area contributed by atoms with Gasteiger partial charge in [-0.3, -0.25) is 4.79 Å². The lowest BCUT2D eigenvalue weighted by atomic mass is 9.91. The molecule has 80 valence electrons. The summed E-state index contributed by atoms with van der Waals surface area (Å²) in [5.74, 6) is 0.595. The van der Waals surface area contributed by atoms with Gasteiger partial charge in [-0.2, -0.15) is 0 Å². The maximum Gasteiger partial charge on any atom is 0.159 e. The number of carbonyl (C=O) groups is 1. The van der Waals surface area contributed by atoms with Crippen LogP contribution in [0.4, 0.5) is 0 Å². The molecular weight excluding hydrogens is 210 g/mol. The van der Waals surface area contributed by atoms with Crippen LogP contribution in [0, 0.1) is 0 Å². The lowest BCUT2D eigenvalue weighted by Crippen LogP contribution is -2.41. The van der Waals surface area contributed by atoms with Crippen molar-refractivity contribution in [2.24, 2.45) is 0 Å². The van der Waals surface area contributed by atoms with Crippen LogP contribution in [0.1, 0.15) is 28.8 Å². The lowest BCUT2D eigenvalue weighted by molar-refractivity contribution is 0.101. The van der Waals surface area contributed by atoms with Crippen LogP contribution in [0.15, 0.2) is 18.2 Å². The third-order valence-corrected chi connectivity index (χ3v) is 3.24. The molecule has 0 N–H and O–H groups in total. The van der Waals surface area contributed by atoms with E-state index in [1.807, 2.05) is 12.1 Å². The molecular formula is C12H14ClNO. The first kappa shape index (κ1) is 10.7. The van der Waals surface area contributed by atoms with Crippen LogP contribution in [0.5, 0.6) is 0 Å². The quantitative estimate of drug-likeness (QED) is 0.719. The number of likely N-dealkylation sites (tertiary alicyclic amines) is 1. The van der Waals surface area contributed by atoms with Crippen LogP contribution in [-0.2, 0) is 0 Å². The number of halogens is 1. The van der Waals surface area contributed by atoms with E-state index in [2.05, 4.69) is 11.9 Å². The molecule has 0 unspecified atom stereocenters. The summed E-state index contributed by atoms with van der Waals surface area (Å²) in [5.41, 5.74) is 1.86. The van der Waals surface area contributed by atoms with E-state index in [1.165, 1.54) is 5.56 Å². The van der Waals surface area contributed by atoms with Crippen molar-refractivity contribution in [1.29, 1.82) is 0 Å². The van der Waals surface area contributed by atoms with E-state index in [-0.39, 0.29) is 5.78 Å². The van der Waals surface area contributed by atoms with E-state index in [0.717, 1.165) is 18.1 Å². The van der Waals surface area contributed by atoms with Crippen molar-refractivity contribution in [3.05, 3.63) is 34.3 Å². The van der Waals surface area contributed by atoms with Crippen LogP contribution in [-0.4, -0.2) is 30.8 Å². The molecule has 0 radical (unpaired) electrons. The van der Waals surface area contributed by atoms with Crippen molar-refractivity contribution in [2.75, 3.05) is 20.1 Å². The fourth-order valence-electron chi connectivity index (χ4n) is 1.97. The third-order valence-electron chi connectivity index (χ3n) is 2.91. The zero-order chi connectivity index (χ0) is 11.0. The van der Waals surface area contributed by atoms with Gasteiger partial charge >= 0.3 is 0 Å². The summed E-state index contributed by atoms with van der Waals surface area (Å²) in [6, 6.07) is 5.62. The van der Waals surface area contributed by atoms with Crippen molar-refractivity contribution in [3.63, 3.8) is 0 Å². The Balaban J connectivity index is 2.23. The van der Waals surface area contributed by atoms with Gasteiger partial charge in [-0.25, -0.2) is 0 Å². The van der Waals surface area contributed by atoms with Crippen molar-refractivity contribution >= 4 is 17.4 Å². The second-order valence-electron chi connectivity index (χ2n) is 4.21. The van der Waals surface area contributed by atoms with Gasteiger partial charge in [0, 0.05) is 29.6 Å². The van der Waals surface area contributed by atoms with Crippen molar-refractivity contribution in [1.82, 2.24) is 4.90 Å². The van der Waals surface area contributed by atoms with Crippen LogP contribution in [0.2, 0.25) is 5.02 Å². The Bertz CT molecular complexity index is 397. The Kier molecular flexibility index (Phi) is 2.81. The second-order valence-corrected chi connectivity index (χ2v) is 4.62. The predicted molar refractivity (Wildman–Crippen MR) is 61.7 cm³/mol. The molecule has 0 atom stereocenters. The van der Waals surface area contributed by atoms with Crippen LogP contribution < -0.4 is 0 Å². The van der Waals surface area contributed by atoms with E-state index in [1.54, 1.807) is 13.0 Å². The van der Waals surface area contributed by atoms with Gasteiger partial charge in [0.15, 0.2) is 5.78 Å². The average molecular weight is 224 g/mol. The molecule has 1 aliphatic heterocycles.